The Morgan fingerprint density at radius 3 is 1.04 bits per heavy atom. The van der Waals surface area contributed by atoms with Crippen molar-refractivity contribution in [2.24, 2.45) is 22.9 Å². The summed E-state index contributed by atoms with van der Waals surface area (Å²) in [6, 6.07) is -5.19. The standard InChI is InChI=1S/C25H48N4O17/c1-39-22-11(27)16(36)19(7(3-31)41-22)45-24-13(29)18(38)21(9(5-33)43-24)46-25-12(28)17(37)20(8(4-32)42-25)44-23-10(26)15(35)14(34)6(2-30)40-23/h6-25,30-38H,2-5,26-29H2,1H3/t6?,7?,8?,9?,10-,11+,12+,13-,14?,15-,16?,17?,18-,19-,20-,21?,22+,23?,24?,25-/m1/s1. The molecule has 20 atom stereocenters. The molecule has 4 aliphatic rings. The summed E-state index contributed by atoms with van der Waals surface area (Å²) < 4.78 is 44.9. The molecule has 0 amide bonds. The highest BCUT2D eigenvalue weighted by atomic mass is 16.8. The first-order chi connectivity index (χ1) is 21.8. The van der Waals surface area contributed by atoms with Crippen molar-refractivity contribution in [3.05, 3.63) is 0 Å². The molecule has 17 N–H and O–H groups in total. The van der Waals surface area contributed by atoms with Crippen LogP contribution in [0.2, 0.25) is 0 Å². The lowest BCUT2D eigenvalue weighted by molar-refractivity contribution is -0.359. The van der Waals surface area contributed by atoms with Crippen LogP contribution < -0.4 is 22.9 Å². The predicted octanol–water partition coefficient (Wildman–Crippen LogP) is -9.23. The van der Waals surface area contributed by atoms with Crippen LogP contribution in [0, 0.1) is 0 Å². The molecule has 4 heterocycles. The van der Waals surface area contributed by atoms with Gasteiger partial charge in [-0.15, -0.1) is 0 Å². The lowest BCUT2D eigenvalue weighted by Gasteiger charge is -2.49. The van der Waals surface area contributed by atoms with E-state index in [0.29, 0.717) is 0 Å². The second-order valence-electron chi connectivity index (χ2n) is 11.7. The minimum Gasteiger partial charge on any atom is -0.394 e. The smallest absolute Gasteiger partial charge is 0.176 e. The topological polar surface area (TPSA) is 360 Å². The largest absolute Gasteiger partial charge is 0.394 e. The Balaban J connectivity index is 1.43. The zero-order valence-corrected chi connectivity index (χ0v) is 25.0. The summed E-state index contributed by atoms with van der Waals surface area (Å²) in [7, 11) is 1.30. The molecule has 0 spiro atoms. The van der Waals surface area contributed by atoms with Gasteiger partial charge >= 0.3 is 0 Å². The third-order valence-electron chi connectivity index (χ3n) is 8.74. The Bertz CT molecular complexity index is 941. The van der Waals surface area contributed by atoms with Gasteiger partial charge in [0.1, 0.15) is 73.2 Å². The average Bonchev–Trinajstić information content (AvgIpc) is 3.05. The second kappa shape index (κ2) is 16.2. The monoisotopic (exact) mass is 676 g/mol. The van der Waals surface area contributed by atoms with E-state index in [1.54, 1.807) is 0 Å². The number of hydrogen-bond donors (Lipinski definition) is 13. The van der Waals surface area contributed by atoms with Gasteiger partial charge in [0, 0.05) is 7.11 Å². The minimum absolute atomic E-state index is 0.604. The Hall–Kier alpha value is -0.840. The maximum Gasteiger partial charge on any atom is 0.176 e. The lowest BCUT2D eigenvalue weighted by Crippen LogP contribution is -2.70. The van der Waals surface area contributed by atoms with E-state index in [-0.39, 0.29) is 0 Å². The number of hydrogen-bond acceptors (Lipinski definition) is 21. The van der Waals surface area contributed by atoms with Crippen LogP contribution in [0.5, 0.6) is 0 Å². The van der Waals surface area contributed by atoms with E-state index in [9.17, 15) is 46.0 Å². The van der Waals surface area contributed by atoms with E-state index in [4.69, 9.17) is 60.8 Å². The second-order valence-corrected chi connectivity index (χ2v) is 11.7. The SMILES string of the molecule is CO[C@H]1OC(CO)[C@@H](OC2OC(CO)C(O[C@H]3OC(CO)[C@@H](OC4OC(CO)C(O)[C@H](O)[C@H]4N)C(O)[C@@H]3N)[C@H](O)[C@H]2N)C(O)[C@@H]1N. The summed E-state index contributed by atoms with van der Waals surface area (Å²) in [6.07, 6.45) is -22.4. The van der Waals surface area contributed by atoms with Crippen LogP contribution in [0.15, 0.2) is 0 Å². The molecule has 0 saturated carbocycles. The van der Waals surface area contributed by atoms with E-state index in [1.165, 1.54) is 7.11 Å². The van der Waals surface area contributed by atoms with Gasteiger partial charge in [-0.2, -0.15) is 0 Å². The van der Waals surface area contributed by atoms with Gasteiger partial charge in [0.2, 0.25) is 0 Å². The summed E-state index contributed by atoms with van der Waals surface area (Å²) in [5.74, 6) is 0. The summed E-state index contributed by atoms with van der Waals surface area (Å²) in [6.45, 7) is -2.79. The number of rotatable bonds is 11. The fraction of sp³-hybridized carbons (Fsp3) is 1.00. The van der Waals surface area contributed by atoms with Crippen LogP contribution >= 0.6 is 0 Å². The summed E-state index contributed by atoms with van der Waals surface area (Å²) in [4.78, 5) is 0. The van der Waals surface area contributed by atoms with E-state index < -0.39 is 149 Å². The predicted molar refractivity (Wildman–Crippen MR) is 147 cm³/mol. The Morgan fingerprint density at radius 1 is 0.435 bits per heavy atom. The van der Waals surface area contributed by atoms with E-state index in [0.717, 1.165) is 0 Å². The number of aliphatic hydroxyl groups is 9. The Kier molecular flexibility index (Phi) is 13.4. The number of ether oxygens (including phenoxy) is 8. The molecule has 46 heavy (non-hydrogen) atoms. The van der Waals surface area contributed by atoms with Crippen molar-refractivity contribution in [3.63, 3.8) is 0 Å². The first kappa shape index (κ1) is 38.0. The third kappa shape index (κ3) is 7.50. The van der Waals surface area contributed by atoms with Gasteiger partial charge in [0.05, 0.1) is 50.6 Å². The Morgan fingerprint density at radius 2 is 0.717 bits per heavy atom. The van der Waals surface area contributed by atoms with Crippen molar-refractivity contribution in [2.75, 3.05) is 33.5 Å². The number of nitrogens with two attached hydrogens (primary N) is 4. The van der Waals surface area contributed by atoms with Gasteiger partial charge in [-0.1, -0.05) is 0 Å². The van der Waals surface area contributed by atoms with E-state index in [1.807, 2.05) is 0 Å². The van der Waals surface area contributed by atoms with E-state index in [2.05, 4.69) is 0 Å². The molecule has 10 unspecified atom stereocenters. The maximum atomic E-state index is 11.1. The maximum absolute atomic E-state index is 11.1. The number of aliphatic hydroxyl groups excluding tert-OH is 9. The summed E-state index contributed by atoms with van der Waals surface area (Å²) in [5, 5.41) is 92.6. The molecule has 4 rings (SSSR count). The summed E-state index contributed by atoms with van der Waals surface area (Å²) >= 11 is 0. The molecule has 21 nitrogen and oxygen atoms in total. The first-order valence-electron chi connectivity index (χ1n) is 14.8. The van der Waals surface area contributed by atoms with Gasteiger partial charge < -0.3 is 107 Å². The average molecular weight is 677 g/mol. The van der Waals surface area contributed by atoms with Crippen molar-refractivity contribution in [3.8, 4) is 0 Å². The third-order valence-corrected chi connectivity index (χ3v) is 8.74. The van der Waals surface area contributed by atoms with Crippen molar-refractivity contribution < 1.29 is 83.9 Å². The van der Waals surface area contributed by atoms with Crippen molar-refractivity contribution in [1.82, 2.24) is 0 Å². The van der Waals surface area contributed by atoms with Crippen molar-refractivity contribution >= 4 is 0 Å². The van der Waals surface area contributed by atoms with Crippen LogP contribution in [0.25, 0.3) is 0 Å². The Labute approximate surface area is 263 Å². The molecule has 4 fully saturated rings. The van der Waals surface area contributed by atoms with E-state index >= 15 is 0 Å². The summed E-state index contributed by atoms with van der Waals surface area (Å²) in [5.41, 5.74) is 24.3. The quantitative estimate of drug-likeness (QED) is 0.0965. The van der Waals surface area contributed by atoms with Crippen LogP contribution in [-0.4, -0.2) is 202 Å². The van der Waals surface area contributed by atoms with Gasteiger partial charge in [-0.25, -0.2) is 0 Å². The van der Waals surface area contributed by atoms with Crippen LogP contribution in [-0.2, 0) is 37.9 Å². The first-order valence-corrected chi connectivity index (χ1v) is 14.8. The molecule has 0 aliphatic carbocycles. The fourth-order valence-corrected chi connectivity index (χ4v) is 5.92. The molecule has 4 aliphatic heterocycles. The van der Waals surface area contributed by atoms with Gasteiger partial charge in [0.25, 0.3) is 0 Å². The molecular formula is C25H48N4O17. The minimum atomic E-state index is -1.63. The van der Waals surface area contributed by atoms with Gasteiger partial charge in [-0.05, 0) is 0 Å². The molecular weight excluding hydrogens is 628 g/mol. The molecule has 0 aromatic rings. The molecule has 0 radical (unpaired) electrons. The van der Waals surface area contributed by atoms with Crippen molar-refractivity contribution in [1.29, 1.82) is 0 Å². The van der Waals surface area contributed by atoms with Crippen LogP contribution in [0.1, 0.15) is 0 Å². The zero-order chi connectivity index (χ0) is 34.0. The lowest BCUT2D eigenvalue weighted by atomic mass is 9.94. The highest BCUT2D eigenvalue weighted by Crippen LogP contribution is 2.33. The molecule has 0 aromatic heterocycles. The highest BCUT2D eigenvalue weighted by Gasteiger charge is 2.54. The zero-order valence-electron chi connectivity index (χ0n) is 25.0. The molecule has 4 saturated heterocycles. The van der Waals surface area contributed by atoms with Gasteiger partial charge in [0.15, 0.2) is 25.2 Å². The van der Waals surface area contributed by atoms with Crippen molar-refractivity contribution in [2.45, 2.75) is 123 Å². The molecule has 0 bridgehead atoms. The normalized spacial score (nSPS) is 52.0. The molecule has 270 valence electrons. The van der Waals surface area contributed by atoms with Crippen LogP contribution in [0.3, 0.4) is 0 Å². The van der Waals surface area contributed by atoms with Crippen LogP contribution in [0.4, 0.5) is 0 Å². The number of methoxy groups -OCH3 is 1. The highest BCUT2D eigenvalue weighted by molar-refractivity contribution is 5.00. The van der Waals surface area contributed by atoms with Gasteiger partial charge in [-0.3, -0.25) is 0 Å². The fourth-order valence-electron chi connectivity index (χ4n) is 5.92. The molecule has 21 heteroatoms. The molecule has 0 aromatic carbocycles.